The quantitative estimate of drug-likeness (QED) is 0.872. The summed E-state index contributed by atoms with van der Waals surface area (Å²) in [5.41, 5.74) is 5.16. The SMILES string of the molecule is CCNCc1oc2c(C(C)(C)C)cc(CC)cc2c1C. The van der Waals surface area contributed by atoms with Crippen molar-refractivity contribution < 1.29 is 4.42 Å². The third kappa shape index (κ3) is 2.76. The zero-order valence-corrected chi connectivity index (χ0v) is 13.7. The summed E-state index contributed by atoms with van der Waals surface area (Å²) < 4.78 is 6.20. The molecule has 0 atom stereocenters. The number of rotatable bonds is 4. The molecule has 0 spiro atoms. The van der Waals surface area contributed by atoms with Crippen molar-refractivity contribution in [2.24, 2.45) is 0 Å². The van der Waals surface area contributed by atoms with Crippen molar-refractivity contribution in [3.8, 4) is 0 Å². The summed E-state index contributed by atoms with van der Waals surface area (Å²) in [7, 11) is 0. The lowest BCUT2D eigenvalue weighted by Gasteiger charge is -2.20. The lowest BCUT2D eigenvalue weighted by molar-refractivity contribution is 0.502. The Morgan fingerprint density at radius 3 is 2.40 bits per heavy atom. The maximum Gasteiger partial charge on any atom is 0.138 e. The van der Waals surface area contributed by atoms with Gasteiger partial charge in [0.25, 0.3) is 0 Å². The Bertz CT molecular complexity index is 602. The molecule has 1 aromatic heterocycles. The first kappa shape index (κ1) is 15.1. The van der Waals surface area contributed by atoms with E-state index < -0.39 is 0 Å². The molecule has 20 heavy (non-hydrogen) atoms. The van der Waals surface area contributed by atoms with Crippen molar-refractivity contribution in [3.63, 3.8) is 0 Å². The van der Waals surface area contributed by atoms with Crippen LogP contribution in [0.15, 0.2) is 16.5 Å². The number of fused-ring (bicyclic) bond motifs is 1. The Labute approximate surface area is 122 Å². The molecule has 0 bridgehead atoms. The maximum absolute atomic E-state index is 6.20. The third-order valence-corrected chi connectivity index (χ3v) is 3.95. The fraction of sp³-hybridized carbons (Fsp3) is 0.556. The van der Waals surface area contributed by atoms with E-state index >= 15 is 0 Å². The maximum atomic E-state index is 6.20. The van der Waals surface area contributed by atoms with Gasteiger partial charge in [-0.1, -0.05) is 40.7 Å². The summed E-state index contributed by atoms with van der Waals surface area (Å²) in [6.07, 6.45) is 1.06. The number of aryl methyl sites for hydroxylation is 2. The molecule has 0 aliphatic rings. The van der Waals surface area contributed by atoms with Crippen LogP contribution in [0.25, 0.3) is 11.0 Å². The van der Waals surface area contributed by atoms with Gasteiger partial charge in [-0.05, 0) is 42.5 Å². The molecule has 0 saturated heterocycles. The van der Waals surface area contributed by atoms with Gasteiger partial charge in [0.2, 0.25) is 0 Å². The molecule has 0 unspecified atom stereocenters. The summed E-state index contributed by atoms with van der Waals surface area (Å²) >= 11 is 0. The second kappa shape index (κ2) is 5.61. The third-order valence-electron chi connectivity index (χ3n) is 3.95. The monoisotopic (exact) mass is 273 g/mol. The second-order valence-corrected chi connectivity index (χ2v) is 6.55. The summed E-state index contributed by atoms with van der Waals surface area (Å²) in [4.78, 5) is 0. The first-order valence-electron chi connectivity index (χ1n) is 7.64. The molecule has 0 saturated carbocycles. The Morgan fingerprint density at radius 1 is 1.15 bits per heavy atom. The molecule has 1 heterocycles. The Kier molecular flexibility index (Phi) is 4.24. The van der Waals surface area contributed by atoms with E-state index in [2.05, 4.69) is 59.0 Å². The van der Waals surface area contributed by atoms with Gasteiger partial charge >= 0.3 is 0 Å². The molecule has 110 valence electrons. The van der Waals surface area contributed by atoms with Crippen LogP contribution in [0.3, 0.4) is 0 Å². The predicted octanol–water partition coefficient (Wildman–Crippen LogP) is 4.71. The zero-order valence-electron chi connectivity index (χ0n) is 13.7. The molecule has 0 aliphatic carbocycles. The average molecular weight is 273 g/mol. The molecule has 0 amide bonds. The van der Waals surface area contributed by atoms with E-state index in [9.17, 15) is 0 Å². The molecule has 2 aromatic rings. The van der Waals surface area contributed by atoms with Crippen LogP contribution in [-0.2, 0) is 18.4 Å². The van der Waals surface area contributed by atoms with E-state index in [1.165, 1.54) is 22.1 Å². The molecule has 0 fully saturated rings. The number of hydrogen-bond donors (Lipinski definition) is 1. The van der Waals surface area contributed by atoms with Gasteiger partial charge in [-0.25, -0.2) is 0 Å². The molecule has 2 heteroatoms. The highest BCUT2D eigenvalue weighted by Crippen LogP contribution is 2.35. The van der Waals surface area contributed by atoms with Crippen LogP contribution in [0.5, 0.6) is 0 Å². The smallest absolute Gasteiger partial charge is 0.138 e. The predicted molar refractivity (Wildman–Crippen MR) is 86.4 cm³/mol. The van der Waals surface area contributed by atoms with E-state index in [4.69, 9.17) is 4.42 Å². The van der Waals surface area contributed by atoms with Crippen LogP contribution < -0.4 is 5.32 Å². The van der Waals surface area contributed by atoms with E-state index in [0.29, 0.717) is 0 Å². The lowest BCUT2D eigenvalue weighted by Crippen LogP contribution is -2.12. The standard InChI is InChI=1S/C18H27NO/c1-7-13-9-14-12(3)16(11-19-8-2)20-17(14)15(10-13)18(4,5)6/h9-10,19H,7-8,11H2,1-6H3. The van der Waals surface area contributed by atoms with Gasteiger partial charge in [0, 0.05) is 10.9 Å². The Morgan fingerprint density at radius 2 is 1.85 bits per heavy atom. The molecule has 1 N–H and O–H groups in total. The summed E-state index contributed by atoms with van der Waals surface area (Å²) in [6.45, 7) is 15.0. The lowest BCUT2D eigenvalue weighted by atomic mass is 9.84. The first-order chi connectivity index (χ1) is 9.38. The van der Waals surface area contributed by atoms with Crippen LogP contribution in [0.1, 0.15) is 57.1 Å². The number of hydrogen-bond acceptors (Lipinski definition) is 2. The minimum atomic E-state index is 0.100. The highest BCUT2D eigenvalue weighted by atomic mass is 16.3. The van der Waals surface area contributed by atoms with Gasteiger partial charge in [0.05, 0.1) is 6.54 Å². The van der Waals surface area contributed by atoms with Gasteiger partial charge in [-0.3, -0.25) is 0 Å². The number of furan rings is 1. The van der Waals surface area contributed by atoms with E-state index in [0.717, 1.165) is 30.9 Å². The van der Waals surface area contributed by atoms with E-state index in [-0.39, 0.29) is 5.41 Å². The van der Waals surface area contributed by atoms with Crippen molar-refractivity contribution >= 4 is 11.0 Å². The van der Waals surface area contributed by atoms with Crippen molar-refractivity contribution in [3.05, 3.63) is 34.6 Å². The highest BCUT2D eigenvalue weighted by Gasteiger charge is 2.22. The highest BCUT2D eigenvalue weighted by molar-refractivity contribution is 5.86. The van der Waals surface area contributed by atoms with Gasteiger partial charge in [-0.15, -0.1) is 0 Å². The topological polar surface area (TPSA) is 25.2 Å². The molecule has 2 nitrogen and oxygen atoms in total. The van der Waals surface area contributed by atoms with Crippen LogP contribution in [0.2, 0.25) is 0 Å². The first-order valence-corrected chi connectivity index (χ1v) is 7.64. The van der Waals surface area contributed by atoms with Crippen molar-refractivity contribution in [1.82, 2.24) is 5.32 Å². The number of nitrogens with one attached hydrogen (secondary N) is 1. The van der Waals surface area contributed by atoms with Crippen molar-refractivity contribution in [1.29, 1.82) is 0 Å². The van der Waals surface area contributed by atoms with Gasteiger partial charge in [-0.2, -0.15) is 0 Å². The molecular formula is C18H27NO. The Hall–Kier alpha value is -1.28. The molecule has 0 radical (unpaired) electrons. The number of benzene rings is 1. The second-order valence-electron chi connectivity index (χ2n) is 6.55. The van der Waals surface area contributed by atoms with Gasteiger partial charge in [0.1, 0.15) is 11.3 Å². The average Bonchev–Trinajstić information content (AvgIpc) is 2.71. The normalized spacial score (nSPS) is 12.3. The molecule has 1 aromatic carbocycles. The zero-order chi connectivity index (χ0) is 14.9. The largest absolute Gasteiger partial charge is 0.459 e. The fourth-order valence-corrected chi connectivity index (χ4v) is 2.60. The minimum Gasteiger partial charge on any atom is -0.459 e. The molecule has 2 rings (SSSR count). The Balaban J connectivity index is 2.66. The van der Waals surface area contributed by atoms with Crippen molar-refractivity contribution in [2.45, 2.75) is 59.9 Å². The van der Waals surface area contributed by atoms with Crippen LogP contribution in [0.4, 0.5) is 0 Å². The van der Waals surface area contributed by atoms with Crippen LogP contribution in [0, 0.1) is 6.92 Å². The van der Waals surface area contributed by atoms with E-state index in [1.807, 2.05) is 0 Å². The van der Waals surface area contributed by atoms with Crippen LogP contribution >= 0.6 is 0 Å². The summed E-state index contributed by atoms with van der Waals surface area (Å²) in [5, 5.41) is 4.64. The van der Waals surface area contributed by atoms with Crippen LogP contribution in [-0.4, -0.2) is 6.54 Å². The molecule has 0 aliphatic heterocycles. The van der Waals surface area contributed by atoms with Gasteiger partial charge < -0.3 is 9.73 Å². The molecular weight excluding hydrogens is 246 g/mol. The van der Waals surface area contributed by atoms with Gasteiger partial charge in [0.15, 0.2) is 0 Å². The van der Waals surface area contributed by atoms with Crippen molar-refractivity contribution in [2.75, 3.05) is 6.54 Å². The minimum absolute atomic E-state index is 0.100. The summed E-state index contributed by atoms with van der Waals surface area (Å²) in [5.74, 6) is 1.07. The van der Waals surface area contributed by atoms with E-state index in [1.54, 1.807) is 0 Å². The fourth-order valence-electron chi connectivity index (χ4n) is 2.60. The summed E-state index contributed by atoms with van der Waals surface area (Å²) in [6, 6.07) is 4.60.